The number of nitrogens with one attached hydrogen (secondary N) is 1. The van der Waals surface area contributed by atoms with Crippen molar-refractivity contribution in [1.82, 2.24) is 9.88 Å². The van der Waals surface area contributed by atoms with Gasteiger partial charge in [-0.3, -0.25) is 9.69 Å². The molecular weight excluding hydrogens is 254 g/mol. The van der Waals surface area contributed by atoms with Crippen LogP contribution in [0, 0.1) is 0 Å². The van der Waals surface area contributed by atoms with Gasteiger partial charge in [-0.05, 0) is 12.1 Å². The first-order valence-electron chi connectivity index (χ1n) is 5.52. The zero-order valence-electron chi connectivity index (χ0n) is 9.97. The third-order valence-electron chi connectivity index (χ3n) is 2.20. The van der Waals surface area contributed by atoms with Crippen LogP contribution in [0.25, 0.3) is 0 Å². The van der Waals surface area contributed by atoms with E-state index in [-0.39, 0.29) is 24.2 Å². The molecule has 1 amide bonds. The second kappa shape index (κ2) is 7.81. The van der Waals surface area contributed by atoms with Gasteiger partial charge < -0.3 is 10.4 Å². The van der Waals surface area contributed by atoms with Crippen LogP contribution >= 0.6 is 11.6 Å². The Morgan fingerprint density at radius 3 is 3.06 bits per heavy atom. The van der Waals surface area contributed by atoms with Crippen molar-refractivity contribution in [3.63, 3.8) is 0 Å². The van der Waals surface area contributed by atoms with Gasteiger partial charge in [0.1, 0.15) is 0 Å². The molecule has 1 aromatic heterocycles. The quantitative estimate of drug-likeness (QED) is 0.576. The van der Waals surface area contributed by atoms with Crippen molar-refractivity contribution in [1.29, 1.82) is 0 Å². The minimum atomic E-state index is -0.208. The SMILES string of the molecule is C=CCN(CCO)CC(=O)Nc1cccnc1Cl. The van der Waals surface area contributed by atoms with E-state index in [1.165, 1.54) is 0 Å². The molecule has 1 aromatic rings. The number of anilines is 1. The Morgan fingerprint density at radius 2 is 2.44 bits per heavy atom. The molecule has 2 N–H and O–H groups in total. The fraction of sp³-hybridized carbons (Fsp3) is 0.333. The van der Waals surface area contributed by atoms with Crippen LogP contribution in [0.4, 0.5) is 5.69 Å². The van der Waals surface area contributed by atoms with E-state index < -0.39 is 0 Å². The molecule has 98 valence electrons. The Kier molecular flexibility index (Phi) is 6.35. The van der Waals surface area contributed by atoms with Crippen molar-refractivity contribution in [3.8, 4) is 0 Å². The number of rotatable bonds is 7. The fourth-order valence-electron chi connectivity index (χ4n) is 1.43. The number of nitrogens with zero attached hydrogens (tertiary/aromatic N) is 2. The van der Waals surface area contributed by atoms with Gasteiger partial charge >= 0.3 is 0 Å². The third-order valence-corrected chi connectivity index (χ3v) is 2.51. The smallest absolute Gasteiger partial charge is 0.238 e. The van der Waals surface area contributed by atoms with Crippen LogP contribution in [0.1, 0.15) is 0 Å². The van der Waals surface area contributed by atoms with Gasteiger partial charge in [0.25, 0.3) is 0 Å². The van der Waals surface area contributed by atoms with Crippen molar-refractivity contribution < 1.29 is 9.90 Å². The first kappa shape index (κ1) is 14.6. The number of hydrogen-bond acceptors (Lipinski definition) is 4. The topological polar surface area (TPSA) is 65.5 Å². The molecule has 0 fully saturated rings. The Hall–Kier alpha value is -1.43. The van der Waals surface area contributed by atoms with Crippen molar-refractivity contribution in [2.45, 2.75) is 0 Å². The lowest BCUT2D eigenvalue weighted by atomic mass is 10.4. The number of aliphatic hydroxyl groups excluding tert-OH is 1. The van der Waals surface area contributed by atoms with Crippen LogP contribution in [0.2, 0.25) is 5.15 Å². The molecule has 5 nitrogen and oxygen atoms in total. The minimum Gasteiger partial charge on any atom is -0.395 e. The molecule has 18 heavy (non-hydrogen) atoms. The Labute approximate surface area is 111 Å². The Balaban J connectivity index is 2.54. The second-order valence-corrected chi connectivity index (χ2v) is 4.00. The molecule has 0 bridgehead atoms. The molecule has 0 aliphatic rings. The number of aliphatic hydroxyl groups is 1. The minimum absolute atomic E-state index is 0.00519. The van der Waals surface area contributed by atoms with Gasteiger partial charge in [-0.25, -0.2) is 4.98 Å². The van der Waals surface area contributed by atoms with E-state index in [0.29, 0.717) is 18.8 Å². The number of hydrogen-bond donors (Lipinski definition) is 2. The van der Waals surface area contributed by atoms with Gasteiger partial charge in [0.2, 0.25) is 5.91 Å². The van der Waals surface area contributed by atoms with Crippen molar-refractivity contribution in [2.75, 3.05) is 31.6 Å². The van der Waals surface area contributed by atoms with E-state index in [1.807, 2.05) is 0 Å². The van der Waals surface area contributed by atoms with Gasteiger partial charge in [-0.2, -0.15) is 0 Å². The molecule has 0 saturated heterocycles. The molecule has 0 radical (unpaired) electrons. The van der Waals surface area contributed by atoms with E-state index in [9.17, 15) is 4.79 Å². The molecule has 0 atom stereocenters. The standard InChI is InChI=1S/C12H16ClN3O2/c1-2-6-16(7-8-17)9-11(18)15-10-4-3-5-14-12(10)13/h2-5,17H,1,6-9H2,(H,15,18). The Bertz CT molecular complexity index is 412. The number of aromatic nitrogens is 1. The number of carbonyl (C=O) groups excluding carboxylic acids is 1. The van der Waals surface area contributed by atoms with Crippen LogP contribution in [-0.2, 0) is 4.79 Å². The molecule has 0 saturated carbocycles. The van der Waals surface area contributed by atoms with Crippen LogP contribution < -0.4 is 5.32 Å². The van der Waals surface area contributed by atoms with E-state index in [2.05, 4.69) is 16.9 Å². The summed E-state index contributed by atoms with van der Waals surface area (Å²) in [6.45, 7) is 4.71. The van der Waals surface area contributed by atoms with Crippen LogP contribution in [0.5, 0.6) is 0 Å². The molecule has 0 aliphatic carbocycles. The normalized spacial score (nSPS) is 10.4. The van der Waals surface area contributed by atoms with E-state index in [0.717, 1.165) is 0 Å². The number of halogens is 1. The lowest BCUT2D eigenvalue weighted by Gasteiger charge is -2.18. The fourth-order valence-corrected chi connectivity index (χ4v) is 1.60. The molecule has 0 spiro atoms. The zero-order chi connectivity index (χ0) is 13.4. The lowest BCUT2D eigenvalue weighted by molar-refractivity contribution is -0.117. The van der Waals surface area contributed by atoms with Crippen molar-refractivity contribution >= 4 is 23.2 Å². The maximum atomic E-state index is 11.8. The summed E-state index contributed by atoms with van der Waals surface area (Å²) in [5.41, 5.74) is 0.478. The second-order valence-electron chi connectivity index (χ2n) is 3.64. The first-order chi connectivity index (χ1) is 8.67. The summed E-state index contributed by atoms with van der Waals surface area (Å²) in [5.74, 6) is -0.208. The van der Waals surface area contributed by atoms with Gasteiger partial charge in [0.05, 0.1) is 18.8 Å². The highest BCUT2D eigenvalue weighted by molar-refractivity contribution is 6.32. The van der Waals surface area contributed by atoms with E-state index in [1.54, 1.807) is 29.3 Å². The summed E-state index contributed by atoms with van der Waals surface area (Å²) < 4.78 is 0. The number of carbonyl (C=O) groups is 1. The van der Waals surface area contributed by atoms with Crippen LogP contribution in [0.3, 0.4) is 0 Å². The molecule has 0 aliphatic heterocycles. The maximum absolute atomic E-state index is 11.8. The monoisotopic (exact) mass is 269 g/mol. The third kappa shape index (κ3) is 4.83. The highest BCUT2D eigenvalue weighted by Gasteiger charge is 2.10. The molecular formula is C12H16ClN3O2. The number of pyridine rings is 1. The molecule has 6 heteroatoms. The summed E-state index contributed by atoms with van der Waals surface area (Å²) in [7, 11) is 0. The van der Waals surface area contributed by atoms with Gasteiger partial charge in [0, 0.05) is 19.3 Å². The summed E-state index contributed by atoms with van der Waals surface area (Å²) in [6, 6.07) is 3.37. The average Bonchev–Trinajstić information content (AvgIpc) is 2.33. The summed E-state index contributed by atoms with van der Waals surface area (Å²) in [5, 5.41) is 11.8. The summed E-state index contributed by atoms with van der Waals surface area (Å²) in [4.78, 5) is 17.4. The highest BCUT2D eigenvalue weighted by Crippen LogP contribution is 2.17. The van der Waals surface area contributed by atoms with E-state index >= 15 is 0 Å². The molecule has 0 aromatic carbocycles. The maximum Gasteiger partial charge on any atom is 0.238 e. The van der Waals surface area contributed by atoms with Crippen LogP contribution in [0.15, 0.2) is 31.0 Å². The summed E-state index contributed by atoms with van der Waals surface area (Å²) >= 11 is 5.83. The van der Waals surface area contributed by atoms with E-state index in [4.69, 9.17) is 16.7 Å². The van der Waals surface area contributed by atoms with Gasteiger partial charge in [0.15, 0.2) is 5.15 Å². The van der Waals surface area contributed by atoms with Crippen molar-refractivity contribution in [3.05, 3.63) is 36.1 Å². The highest BCUT2D eigenvalue weighted by atomic mass is 35.5. The predicted octanol–water partition coefficient (Wildman–Crippen LogP) is 1.15. The first-order valence-corrected chi connectivity index (χ1v) is 5.89. The number of amides is 1. The predicted molar refractivity (Wildman–Crippen MR) is 71.6 cm³/mol. The molecule has 0 unspecified atom stereocenters. The Morgan fingerprint density at radius 1 is 1.67 bits per heavy atom. The summed E-state index contributed by atoms with van der Waals surface area (Å²) in [6.07, 6.45) is 3.23. The molecule has 1 heterocycles. The van der Waals surface area contributed by atoms with Gasteiger partial charge in [-0.1, -0.05) is 17.7 Å². The van der Waals surface area contributed by atoms with Crippen LogP contribution in [-0.4, -0.2) is 47.1 Å². The largest absolute Gasteiger partial charge is 0.395 e. The lowest BCUT2D eigenvalue weighted by Crippen LogP contribution is -2.35. The van der Waals surface area contributed by atoms with Gasteiger partial charge in [-0.15, -0.1) is 6.58 Å². The zero-order valence-corrected chi connectivity index (χ0v) is 10.7. The molecule has 1 rings (SSSR count). The average molecular weight is 270 g/mol. The van der Waals surface area contributed by atoms with Crippen molar-refractivity contribution in [2.24, 2.45) is 0 Å².